The number of amides is 7. The summed E-state index contributed by atoms with van der Waals surface area (Å²) in [6.07, 6.45) is 3.92. The number of hydrogen-bond acceptors (Lipinski definition) is 22. The highest BCUT2D eigenvalue weighted by atomic mass is 32.1. The number of aliphatic hydroxyl groups is 2. The molecule has 0 spiro atoms. The molecule has 0 fully saturated rings. The number of anilines is 1. The fourth-order valence-corrected chi connectivity index (χ4v) is 10.3. The van der Waals surface area contributed by atoms with Crippen molar-refractivity contribution in [3.05, 3.63) is 56.8 Å². The van der Waals surface area contributed by atoms with E-state index >= 15 is 0 Å². The molecule has 0 bridgehead atoms. The zero-order valence-corrected chi connectivity index (χ0v) is 49.9. The van der Waals surface area contributed by atoms with Crippen LogP contribution in [0.2, 0.25) is 0 Å². The number of carbonyl (C=O) groups excluding carboxylic acids is 7. The number of aromatic nitrogens is 6. The second kappa shape index (κ2) is 35.5. The molecule has 460 valence electrons. The van der Waals surface area contributed by atoms with E-state index in [4.69, 9.17) is 28.7 Å². The van der Waals surface area contributed by atoms with E-state index in [0.29, 0.717) is 46.6 Å². The molecule has 21 N–H and O–H groups in total. The Balaban J connectivity index is 1.40. The van der Waals surface area contributed by atoms with Crippen LogP contribution in [-0.2, 0) is 36.8 Å². The SMILES string of the molecule is Cc1c(N)nc([C@H](CC(N)=O)NC[C@H](N)C(N)=O)nc1C(=O)N[C@@H](Cc1cnc[nH]1)C(=O)N[C@H](CC(C)C)[C@@H](O)[C@H](CC(C)C)C(=O)N[C@H](C(=O)NCCc1nc(-c2nc(C(=O)NCCCNCCCCNCCCN)cs2)cs1)[C@@H](C)O. The molecule has 8 atom stereocenters. The van der Waals surface area contributed by atoms with Gasteiger partial charge in [0.05, 0.1) is 47.6 Å². The third-order valence-corrected chi connectivity index (χ3v) is 14.9. The average molecular weight is 1200 g/mol. The molecule has 0 unspecified atom stereocenters. The van der Waals surface area contributed by atoms with Gasteiger partial charge in [-0.05, 0) is 96.9 Å². The number of nitrogens with zero attached hydrogens (tertiary/aromatic N) is 5. The number of thiazole rings is 2. The maximum Gasteiger partial charge on any atom is 0.271 e. The maximum atomic E-state index is 14.5. The van der Waals surface area contributed by atoms with Gasteiger partial charge in [-0.15, -0.1) is 22.7 Å². The Morgan fingerprint density at radius 3 is 2.06 bits per heavy atom. The molecule has 30 heteroatoms. The Kier molecular flexibility index (Phi) is 29.4. The maximum absolute atomic E-state index is 14.5. The molecule has 0 aliphatic heterocycles. The van der Waals surface area contributed by atoms with Crippen molar-refractivity contribution < 1.29 is 43.8 Å². The zero-order chi connectivity index (χ0) is 61.2. The average Bonchev–Trinajstić information content (AvgIpc) is 4.29. The summed E-state index contributed by atoms with van der Waals surface area (Å²) in [6, 6.07) is -6.07. The number of nitrogen functional groups attached to an aromatic ring is 1. The molecule has 0 aromatic carbocycles. The summed E-state index contributed by atoms with van der Waals surface area (Å²) in [5, 5.41) is 51.3. The number of nitrogens with two attached hydrogens (primary N) is 5. The summed E-state index contributed by atoms with van der Waals surface area (Å²) in [5.74, 6) is -6.68. The monoisotopic (exact) mass is 1200 g/mol. The lowest BCUT2D eigenvalue weighted by molar-refractivity contribution is -0.137. The third kappa shape index (κ3) is 23.5. The lowest BCUT2D eigenvalue weighted by atomic mass is 9.84. The van der Waals surface area contributed by atoms with Gasteiger partial charge in [0.2, 0.25) is 29.5 Å². The first kappa shape index (κ1) is 68.9. The number of imidazole rings is 1. The minimum atomic E-state index is -1.54. The van der Waals surface area contributed by atoms with Crippen molar-refractivity contribution in [1.82, 2.24) is 72.4 Å². The largest absolute Gasteiger partial charge is 0.391 e. The van der Waals surface area contributed by atoms with E-state index in [2.05, 4.69) is 72.4 Å². The van der Waals surface area contributed by atoms with E-state index in [9.17, 15) is 43.8 Å². The summed E-state index contributed by atoms with van der Waals surface area (Å²) in [5.41, 5.74) is 29.6. The van der Waals surface area contributed by atoms with E-state index in [0.717, 1.165) is 51.9 Å². The van der Waals surface area contributed by atoms with E-state index in [1.165, 1.54) is 49.0 Å². The van der Waals surface area contributed by atoms with Crippen molar-refractivity contribution in [2.45, 2.75) is 142 Å². The van der Waals surface area contributed by atoms with Crippen molar-refractivity contribution in [3.63, 3.8) is 0 Å². The lowest BCUT2D eigenvalue weighted by Crippen LogP contribution is -2.58. The van der Waals surface area contributed by atoms with Gasteiger partial charge in [0.25, 0.3) is 11.8 Å². The first-order valence-corrected chi connectivity index (χ1v) is 29.8. The second-order valence-corrected chi connectivity index (χ2v) is 23.1. The Morgan fingerprint density at radius 2 is 1.43 bits per heavy atom. The van der Waals surface area contributed by atoms with Crippen LogP contribution in [0.25, 0.3) is 10.7 Å². The Morgan fingerprint density at radius 1 is 0.747 bits per heavy atom. The van der Waals surface area contributed by atoms with Crippen LogP contribution in [0.3, 0.4) is 0 Å². The third-order valence-electron chi connectivity index (χ3n) is 13.2. The summed E-state index contributed by atoms with van der Waals surface area (Å²) >= 11 is 2.64. The number of nitrogens with one attached hydrogen (secondary N) is 9. The predicted molar refractivity (Wildman–Crippen MR) is 316 cm³/mol. The summed E-state index contributed by atoms with van der Waals surface area (Å²) in [4.78, 5) is 118. The molecule has 4 rings (SSSR count). The summed E-state index contributed by atoms with van der Waals surface area (Å²) < 4.78 is 0. The van der Waals surface area contributed by atoms with E-state index in [1.807, 2.05) is 33.1 Å². The van der Waals surface area contributed by atoms with Crippen LogP contribution in [0.5, 0.6) is 0 Å². The standard InChI is InChI=1S/C53H87N19O9S2/c1-28(2)19-33(48(77)71-43(31(6)73)51(80)63-18-11-41-66-39(26-82-41)53-69-38(25-83-53)49(78)62-17-10-16-60-14-8-7-13-59-15-9-12-54)44(75)35(20-29(3)4)67-50(79)37(21-32-23-61-27-65-32)68-52(81)42-30(5)45(57)72-47(70-42)36(22-40(56)74)64-24-34(55)46(58)76/h23,25-29,31,33-37,43-44,59-60,64,73,75H,7-22,24,54-55H2,1-6H3,(H2,56,74)(H2,58,76)(H,61,65)(H,62,78)(H,63,80)(H,67,79)(H,68,81)(H,71,77)(H2,57,70,72)/t31-,33+,34+,35-,36+,37+,43+,44+/m1/s1. The van der Waals surface area contributed by atoms with Crippen molar-refractivity contribution in [2.75, 3.05) is 58.1 Å². The quantitative estimate of drug-likeness (QED) is 0.0226. The Bertz CT molecular complexity index is 2690. The number of unbranched alkanes of at least 4 members (excludes halogenated alkanes) is 1. The van der Waals surface area contributed by atoms with Gasteiger partial charge >= 0.3 is 0 Å². The van der Waals surface area contributed by atoms with Gasteiger partial charge < -0.3 is 86.4 Å². The van der Waals surface area contributed by atoms with E-state index in [1.54, 1.807) is 5.38 Å². The van der Waals surface area contributed by atoms with Crippen LogP contribution < -0.4 is 71.2 Å². The number of hydrogen-bond donors (Lipinski definition) is 16. The Labute approximate surface area is 492 Å². The van der Waals surface area contributed by atoms with Crippen molar-refractivity contribution in [3.8, 4) is 10.7 Å². The molecule has 0 saturated heterocycles. The molecule has 0 saturated carbocycles. The number of carbonyl (C=O) groups is 7. The van der Waals surface area contributed by atoms with Crippen LogP contribution in [0.1, 0.15) is 129 Å². The van der Waals surface area contributed by atoms with Gasteiger partial charge in [-0.1, -0.05) is 27.7 Å². The van der Waals surface area contributed by atoms with Crippen LogP contribution in [0.15, 0.2) is 23.3 Å². The molecule has 0 aliphatic carbocycles. The fourth-order valence-electron chi connectivity index (χ4n) is 8.64. The van der Waals surface area contributed by atoms with Gasteiger partial charge in [0.1, 0.15) is 45.8 Å². The molecule has 0 radical (unpaired) electrons. The first-order chi connectivity index (χ1) is 39.5. The van der Waals surface area contributed by atoms with Crippen molar-refractivity contribution >= 4 is 69.8 Å². The normalized spacial score (nSPS) is 14.5. The fraction of sp³-hybridized carbons (Fsp3) is 0.623. The smallest absolute Gasteiger partial charge is 0.271 e. The topological polar surface area (TPSA) is 467 Å². The molecule has 83 heavy (non-hydrogen) atoms. The van der Waals surface area contributed by atoms with Crippen LogP contribution >= 0.6 is 22.7 Å². The molecule has 4 aromatic heterocycles. The molecular weight excluding hydrogens is 1110 g/mol. The summed E-state index contributed by atoms with van der Waals surface area (Å²) in [6.45, 7) is 14.9. The van der Waals surface area contributed by atoms with Crippen LogP contribution in [-0.4, -0.2) is 170 Å². The minimum Gasteiger partial charge on any atom is -0.391 e. The van der Waals surface area contributed by atoms with Crippen molar-refractivity contribution in [2.24, 2.45) is 40.7 Å². The number of H-pyrrole nitrogens is 1. The molecular formula is C53H87N19O9S2. The molecule has 7 amide bonds. The van der Waals surface area contributed by atoms with Crippen LogP contribution in [0.4, 0.5) is 5.82 Å². The second-order valence-electron chi connectivity index (χ2n) is 21.3. The van der Waals surface area contributed by atoms with Gasteiger partial charge in [0, 0.05) is 67.1 Å². The van der Waals surface area contributed by atoms with Gasteiger partial charge in [0.15, 0.2) is 0 Å². The van der Waals surface area contributed by atoms with Gasteiger partial charge in [-0.2, -0.15) is 0 Å². The highest BCUT2D eigenvalue weighted by molar-refractivity contribution is 7.14. The number of aliphatic hydroxyl groups excluding tert-OH is 2. The highest BCUT2D eigenvalue weighted by Gasteiger charge is 2.39. The van der Waals surface area contributed by atoms with Gasteiger partial charge in [-0.25, -0.2) is 24.9 Å². The number of primary amides is 2. The molecule has 4 heterocycles. The van der Waals surface area contributed by atoms with E-state index in [-0.39, 0.29) is 79.4 Å². The lowest BCUT2D eigenvalue weighted by Gasteiger charge is -2.34. The number of rotatable bonds is 40. The number of aromatic amines is 1. The van der Waals surface area contributed by atoms with Gasteiger partial charge in [-0.3, -0.25) is 33.6 Å². The molecule has 4 aromatic rings. The van der Waals surface area contributed by atoms with Crippen LogP contribution in [0, 0.1) is 24.7 Å². The Hall–Kier alpha value is -6.64. The summed E-state index contributed by atoms with van der Waals surface area (Å²) in [7, 11) is 0. The highest BCUT2D eigenvalue weighted by Crippen LogP contribution is 2.27. The predicted octanol–water partition coefficient (Wildman–Crippen LogP) is -1.46. The molecule has 0 aliphatic rings. The minimum absolute atomic E-state index is 0.0977. The van der Waals surface area contributed by atoms with E-state index < -0.39 is 83.8 Å². The zero-order valence-electron chi connectivity index (χ0n) is 48.3. The first-order valence-electron chi connectivity index (χ1n) is 28.0. The van der Waals surface area contributed by atoms with Crippen molar-refractivity contribution in [1.29, 1.82) is 0 Å². The molecule has 28 nitrogen and oxygen atoms in total.